The quantitative estimate of drug-likeness (QED) is 0.658. The minimum Gasteiger partial charge on any atom is -0.392 e. The second-order valence-electron chi connectivity index (χ2n) is 10.9. The number of methoxy groups -OCH3 is 3. The summed E-state index contributed by atoms with van der Waals surface area (Å²) in [5.41, 5.74) is -0.604. The predicted molar refractivity (Wildman–Crippen MR) is 102 cm³/mol. The van der Waals surface area contributed by atoms with E-state index >= 15 is 0 Å². The molecule has 6 nitrogen and oxygen atoms in total. The summed E-state index contributed by atoms with van der Waals surface area (Å²) in [5, 5.41) is 27.2. The Hall–Kier alpha value is -0.240. The third-order valence-corrected chi connectivity index (χ3v) is 10.7. The zero-order valence-corrected chi connectivity index (χ0v) is 17.4. The number of rotatable bonds is 3. The van der Waals surface area contributed by atoms with Gasteiger partial charge >= 0.3 is 0 Å². The number of aliphatic hydroxyl groups is 2. The number of hydrogen-bond donors (Lipinski definition) is 3. The third kappa shape index (κ3) is 1.65. The molecule has 1 unspecified atom stereocenters. The van der Waals surface area contributed by atoms with Crippen LogP contribution in [0, 0.1) is 40.4 Å². The molecule has 6 heteroatoms. The van der Waals surface area contributed by atoms with Crippen molar-refractivity contribution in [3.8, 4) is 0 Å². The van der Waals surface area contributed by atoms with Gasteiger partial charge in [0.2, 0.25) is 0 Å². The fourth-order valence-electron chi connectivity index (χ4n) is 10.1. The highest BCUT2D eigenvalue weighted by Gasteiger charge is 2.85. The highest BCUT2D eigenvalue weighted by molar-refractivity contribution is 5.35. The smallest absolute Gasteiger partial charge is 0.0827 e. The van der Waals surface area contributed by atoms with Crippen LogP contribution in [0.2, 0.25) is 0 Å². The van der Waals surface area contributed by atoms with Crippen molar-refractivity contribution < 1.29 is 24.4 Å². The maximum absolute atomic E-state index is 11.9. The van der Waals surface area contributed by atoms with Crippen molar-refractivity contribution in [1.29, 1.82) is 0 Å². The second-order valence-corrected chi connectivity index (χ2v) is 10.9. The van der Waals surface area contributed by atoms with Crippen LogP contribution in [0.3, 0.4) is 0 Å². The molecule has 1 saturated heterocycles. The van der Waals surface area contributed by atoms with E-state index < -0.39 is 17.8 Å². The van der Waals surface area contributed by atoms with Crippen LogP contribution < -0.4 is 5.32 Å². The molecule has 6 rings (SSSR count). The number of aliphatic hydroxyl groups excluding tert-OH is 2. The number of fused-ring (bicyclic) bond motifs is 2. The summed E-state index contributed by atoms with van der Waals surface area (Å²) in [4.78, 5) is 0. The Morgan fingerprint density at radius 2 is 1.82 bits per heavy atom. The lowest BCUT2D eigenvalue weighted by atomic mass is 9.44. The zero-order chi connectivity index (χ0) is 19.6. The van der Waals surface area contributed by atoms with Crippen molar-refractivity contribution in [2.75, 3.05) is 27.9 Å². The Bertz CT molecular complexity index is 690. The Morgan fingerprint density at radius 3 is 2.50 bits per heavy atom. The van der Waals surface area contributed by atoms with Crippen molar-refractivity contribution in [2.24, 2.45) is 40.4 Å². The summed E-state index contributed by atoms with van der Waals surface area (Å²) in [6.07, 6.45) is 3.06. The fourth-order valence-corrected chi connectivity index (χ4v) is 10.1. The molecule has 5 aliphatic carbocycles. The number of piperidine rings is 1. The lowest BCUT2D eigenvalue weighted by Gasteiger charge is -2.67. The molecule has 0 radical (unpaired) electrons. The van der Waals surface area contributed by atoms with E-state index in [0.717, 1.165) is 32.2 Å². The first-order valence-corrected chi connectivity index (χ1v) is 11.1. The summed E-state index contributed by atoms with van der Waals surface area (Å²) in [6, 6.07) is 0.175. The first-order chi connectivity index (χ1) is 13.4. The lowest BCUT2D eigenvalue weighted by Crippen LogP contribution is -2.75. The van der Waals surface area contributed by atoms with E-state index in [4.69, 9.17) is 14.2 Å². The minimum absolute atomic E-state index is 0.0185. The number of hydrogen-bond acceptors (Lipinski definition) is 6. The van der Waals surface area contributed by atoms with Crippen molar-refractivity contribution >= 4 is 0 Å². The van der Waals surface area contributed by atoms with Crippen LogP contribution in [0.5, 0.6) is 0 Å². The van der Waals surface area contributed by atoms with E-state index in [-0.39, 0.29) is 58.7 Å². The molecule has 6 fully saturated rings. The van der Waals surface area contributed by atoms with Gasteiger partial charge in [-0.25, -0.2) is 0 Å². The van der Waals surface area contributed by atoms with Gasteiger partial charge in [-0.3, -0.25) is 0 Å². The number of nitrogens with one attached hydrogen (secondary N) is 1. The first kappa shape index (κ1) is 18.5. The van der Waals surface area contributed by atoms with Crippen molar-refractivity contribution in [1.82, 2.24) is 5.32 Å². The SMILES string of the molecule is CO[C@H]1C[C@]2(OC)[C@@H]3[C@@H](O)[C@@H]4[C@@]5(C)CC[C@H](OC)[C@]4([C@@H]4CC1[C@H](O)[C@@H]42)[C@@H]3NC5. The maximum Gasteiger partial charge on any atom is 0.0827 e. The van der Waals surface area contributed by atoms with Crippen LogP contribution in [-0.2, 0) is 14.2 Å². The predicted octanol–water partition coefficient (Wildman–Crippen LogP) is 0.797. The molecular formula is C22H35NO5. The summed E-state index contributed by atoms with van der Waals surface area (Å²) in [6.45, 7) is 3.31. The fraction of sp³-hybridized carbons (Fsp3) is 1.00. The Balaban J connectivity index is 1.62. The molecule has 0 aromatic rings. The average Bonchev–Trinajstić information content (AvgIpc) is 3.04. The topological polar surface area (TPSA) is 80.2 Å². The van der Waals surface area contributed by atoms with Gasteiger partial charge in [0, 0.05) is 69.4 Å². The standard InChI is InChI=1S/C22H35NO5/c1-20-6-5-13(27-3)22-11-7-10-12(26-2)8-21(28-4,14(11)16(10)24)15(17(25)18(20)22)19(22)23-9-20/h10-19,23-25H,5-9H2,1-4H3/t10?,11-,12+,13+,14-,15-,16+,17-,18-,19-,20+,21-,22+/m1/s1. The summed E-state index contributed by atoms with van der Waals surface area (Å²) >= 11 is 0. The average molecular weight is 394 g/mol. The monoisotopic (exact) mass is 393 g/mol. The van der Waals surface area contributed by atoms with E-state index in [0.29, 0.717) is 0 Å². The van der Waals surface area contributed by atoms with Gasteiger partial charge in [0.1, 0.15) is 0 Å². The van der Waals surface area contributed by atoms with E-state index in [1.54, 1.807) is 14.2 Å². The van der Waals surface area contributed by atoms with Gasteiger partial charge < -0.3 is 29.7 Å². The van der Waals surface area contributed by atoms with Crippen LogP contribution >= 0.6 is 0 Å². The molecule has 1 aliphatic heterocycles. The highest BCUT2D eigenvalue weighted by atomic mass is 16.5. The largest absolute Gasteiger partial charge is 0.392 e. The summed E-state index contributed by atoms with van der Waals surface area (Å²) in [7, 11) is 5.37. The minimum atomic E-state index is -0.541. The third-order valence-electron chi connectivity index (χ3n) is 10.7. The molecule has 13 atom stereocenters. The molecule has 28 heavy (non-hydrogen) atoms. The molecular weight excluding hydrogens is 358 g/mol. The molecule has 7 bridgehead atoms. The van der Waals surface area contributed by atoms with E-state index in [1.807, 2.05) is 7.11 Å². The molecule has 3 N–H and O–H groups in total. The second kappa shape index (κ2) is 5.51. The van der Waals surface area contributed by atoms with Crippen LogP contribution in [0.25, 0.3) is 0 Å². The molecule has 6 aliphatic rings. The Labute approximate surface area is 167 Å². The molecule has 1 spiro atoms. The van der Waals surface area contributed by atoms with E-state index in [1.165, 1.54) is 0 Å². The van der Waals surface area contributed by atoms with Gasteiger partial charge in [-0.15, -0.1) is 0 Å². The van der Waals surface area contributed by atoms with Gasteiger partial charge in [0.15, 0.2) is 0 Å². The van der Waals surface area contributed by atoms with Crippen molar-refractivity contribution in [2.45, 2.75) is 68.7 Å². The molecule has 0 amide bonds. The molecule has 1 heterocycles. The summed E-state index contributed by atoms with van der Waals surface area (Å²) in [5.74, 6) is 0.654. The van der Waals surface area contributed by atoms with Gasteiger partial charge in [0.25, 0.3) is 0 Å². The van der Waals surface area contributed by atoms with Crippen LogP contribution in [-0.4, -0.2) is 74.1 Å². The van der Waals surface area contributed by atoms with Gasteiger partial charge in [-0.05, 0) is 30.6 Å². The normalized spacial score (nSPS) is 66.2. The Kier molecular flexibility index (Phi) is 3.65. The Morgan fingerprint density at radius 1 is 1.04 bits per heavy atom. The molecule has 158 valence electrons. The lowest BCUT2D eigenvalue weighted by molar-refractivity contribution is -0.253. The van der Waals surface area contributed by atoms with Crippen LogP contribution in [0.1, 0.15) is 32.6 Å². The van der Waals surface area contributed by atoms with Gasteiger partial charge in [-0.2, -0.15) is 0 Å². The van der Waals surface area contributed by atoms with Crippen LogP contribution in [0.4, 0.5) is 0 Å². The van der Waals surface area contributed by atoms with Crippen LogP contribution in [0.15, 0.2) is 0 Å². The van der Waals surface area contributed by atoms with E-state index in [9.17, 15) is 10.2 Å². The number of ether oxygens (including phenoxy) is 3. The molecule has 0 aromatic carbocycles. The first-order valence-electron chi connectivity index (χ1n) is 11.1. The van der Waals surface area contributed by atoms with E-state index in [2.05, 4.69) is 12.2 Å². The highest BCUT2D eigenvalue weighted by Crippen LogP contribution is 2.78. The van der Waals surface area contributed by atoms with Crippen molar-refractivity contribution in [3.63, 3.8) is 0 Å². The zero-order valence-electron chi connectivity index (χ0n) is 17.4. The molecule has 5 saturated carbocycles. The van der Waals surface area contributed by atoms with Gasteiger partial charge in [0.05, 0.1) is 30.0 Å². The maximum atomic E-state index is 11.9. The summed E-state index contributed by atoms with van der Waals surface area (Å²) < 4.78 is 18.4. The van der Waals surface area contributed by atoms with Crippen molar-refractivity contribution in [3.05, 3.63) is 0 Å². The van der Waals surface area contributed by atoms with Gasteiger partial charge in [-0.1, -0.05) is 6.92 Å². The molecule has 0 aromatic heterocycles.